The topological polar surface area (TPSA) is 20.2 Å². The maximum absolute atomic E-state index is 8.31. The molecule has 0 aliphatic rings. The second kappa shape index (κ2) is 5.73. The van der Waals surface area contributed by atoms with Crippen molar-refractivity contribution in [2.24, 2.45) is 0 Å². The minimum atomic E-state index is -0.199. The number of hydrogen-bond donors (Lipinski definition) is 1. The Bertz CT molecular complexity index is 24.8. The van der Waals surface area contributed by atoms with Crippen molar-refractivity contribution in [1.82, 2.24) is 0 Å². The molecular formula is C3H8BrClO. The van der Waals surface area contributed by atoms with Crippen molar-refractivity contribution in [3.05, 3.63) is 0 Å². The van der Waals surface area contributed by atoms with E-state index in [4.69, 9.17) is 5.11 Å². The van der Waals surface area contributed by atoms with Crippen LogP contribution in [0.1, 0.15) is 6.92 Å². The van der Waals surface area contributed by atoms with Gasteiger partial charge in [0.2, 0.25) is 0 Å². The predicted octanol–water partition coefficient (Wildman–Crippen LogP) is 1.18. The van der Waals surface area contributed by atoms with E-state index in [0.29, 0.717) is 5.33 Å². The molecule has 6 heavy (non-hydrogen) atoms. The first-order chi connectivity index (χ1) is 2.27. The van der Waals surface area contributed by atoms with E-state index in [1.807, 2.05) is 0 Å². The first-order valence-corrected chi connectivity index (χ1v) is 2.63. The summed E-state index contributed by atoms with van der Waals surface area (Å²) in [6.45, 7) is 1.73. The molecule has 0 bridgehead atoms. The van der Waals surface area contributed by atoms with E-state index in [-0.39, 0.29) is 18.5 Å². The van der Waals surface area contributed by atoms with Crippen LogP contribution in [0.5, 0.6) is 0 Å². The van der Waals surface area contributed by atoms with Crippen LogP contribution in [0.25, 0.3) is 0 Å². The molecule has 1 unspecified atom stereocenters. The Morgan fingerprint density at radius 2 is 2.00 bits per heavy atom. The van der Waals surface area contributed by atoms with Crippen LogP contribution in [0.3, 0.4) is 0 Å². The van der Waals surface area contributed by atoms with Gasteiger partial charge in [-0.15, -0.1) is 12.4 Å². The van der Waals surface area contributed by atoms with Crippen LogP contribution in [-0.2, 0) is 0 Å². The zero-order valence-electron chi connectivity index (χ0n) is 3.52. The summed E-state index contributed by atoms with van der Waals surface area (Å²) in [5.74, 6) is 0. The molecule has 0 saturated heterocycles. The number of aliphatic hydroxyl groups is 1. The lowest BCUT2D eigenvalue weighted by molar-refractivity contribution is 0.222. The fourth-order valence-electron chi connectivity index (χ4n) is 0. The molecule has 0 aliphatic carbocycles. The molecule has 1 nitrogen and oxygen atoms in total. The zero-order valence-corrected chi connectivity index (χ0v) is 5.92. The second-order valence-corrected chi connectivity index (χ2v) is 1.65. The van der Waals surface area contributed by atoms with Gasteiger partial charge in [-0.1, -0.05) is 15.9 Å². The molecule has 3 heteroatoms. The minimum Gasteiger partial charge on any atom is -0.393 e. The van der Waals surface area contributed by atoms with Crippen molar-refractivity contribution in [2.75, 3.05) is 5.33 Å². The summed E-state index contributed by atoms with van der Waals surface area (Å²) in [5.41, 5.74) is 0. The van der Waals surface area contributed by atoms with Crippen LogP contribution in [-0.4, -0.2) is 16.5 Å². The first-order valence-electron chi connectivity index (χ1n) is 1.51. The molecule has 40 valence electrons. The molecule has 0 aromatic heterocycles. The van der Waals surface area contributed by atoms with Gasteiger partial charge in [0.1, 0.15) is 0 Å². The van der Waals surface area contributed by atoms with Crippen molar-refractivity contribution in [3.63, 3.8) is 0 Å². The van der Waals surface area contributed by atoms with E-state index in [1.165, 1.54) is 0 Å². The van der Waals surface area contributed by atoms with Gasteiger partial charge in [0.15, 0.2) is 0 Å². The Balaban J connectivity index is 0. The number of alkyl halides is 1. The average molecular weight is 175 g/mol. The number of halogens is 2. The molecule has 0 amide bonds. The summed E-state index contributed by atoms with van der Waals surface area (Å²) in [4.78, 5) is 0. The lowest BCUT2D eigenvalue weighted by Gasteiger charge is -1.89. The van der Waals surface area contributed by atoms with Gasteiger partial charge in [0.25, 0.3) is 0 Å². The fourth-order valence-corrected chi connectivity index (χ4v) is 0. The van der Waals surface area contributed by atoms with Gasteiger partial charge < -0.3 is 5.11 Å². The quantitative estimate of drug-likeness (QED) is 0.594. The number of aliphatic hydroxyl groups excluding tert-OH is 1. The maximum Gasteiger partial charge on any atom is 0.0608 e. The van der Waals surface area contributed by atoms with Crippen LogP contribution < -0.4 is 0 Å². The summed E-state index contributed by atoms with van der Waals surface area (Å²) >= 11 is 3.06. The second-order valence-electron chi connectivity index (χ2n) is 1.00. The number of hydrogen-bond acceptors (Lipinski definition) is 1. The molecule has 1 N–H and O–H groups in total. The Morgan fingerprint density at radius 3 is 2.00 bits per heavy atom. The van der Waals surface area contributed by atoms with Crippen LogP contribution in [0.4, 0.5) is 0 Å². The molecule has 0 radical (unpaired) electrons. The Labute approximate surface area is 52.3 Å². The van der Waals surface area contributed by atoms with Gasteiger partial charge in [-0.2, -0.15) is 0 Å². The summed E-state index contributed by atoms with van der Waals surface area (Å²) in [6.07, 6.45) is -0.199. The van der Waals surface area contributed by atoms with Gasteiger partial charge in [-0.3, -0.25) is 0 Å². The normalized spacial score (nSPS) is 12.5. The molecule has 0 aromatic rings. The van der Waals surface area contributed by atoms with Crippen molar-refractivity contribution in [1.29, 1.82) is 0 Å². The van der Waals surface area contributed by atoms with Gasteiger partial charge in [-0.25, -0.2) is 0 Å². The molecule has 0 spiro atoms. The third-order valence-corrected chi connectivity index (χ3v) is 1.16. The highest BCUT2D eigenvalue weighted by molar-refractivity contribution is 9.09. The maximum atomic E-state index is 8.31. The summed E-state index contributed by atoms with van der Waals surface area (Å²) < 4.78 is 0. The summed E-state index contributed by atoms with van der Waals surface area (Å²) in [5, 5.41) is 8.99. The lowest BCUT2D eigenvalue weighted by atomic mass is 10.5. The number of rotatable bonds is 1. The van der Waals surface area contributed by atoms with Crippen molar-refractivity contribution >= 4 is 28.3 Å². The highest BCUT2D eigenvalue weighted by atomic mass is 79.9. The summed E-state index contributed by atoms with van der Waals surface area (Å²) in [7, 11) is 0. The fraction of sp³-hybridized carbons (Fsp3) is 1.00. The Morgan fingerprint density at radius 1 is 1.83 bits per heavy atom. The van der Waals surface area contributed by atoms with Crippen LogP contribution in [0.2, 0.25) is 0 Å². The Hall–Kier alpha value is 0.730. The third kappa shape index (κ3) is 8.83. The zero-order chi connectivity index (χ0) is 4.28. The third-order valence-electron chi connectivity index (χ3n) is 0.223. The lowest BCUT2D eigenvalue weighted by Crippen LogP contribution is -1.97. The molecule has 1 atom stereocenters. The smallest absolute Gasteiger partial charge is 0.0608 e. The van der Waals surface area contributed by atoms with E-state index in [0.717, 1.165) is 0 Å². The van der Waals surface area contributed by atoms with Crippen molar-refractivity contribution < 1.29 is 5.11 Å². The van der Waals surface area contributed by atoms with E-state index in [1.54, 1.807) is 6.92 Å². The van der Waals surface area contributed by atoms with Gasteiger partial charge in [-0.05, 0) is 6.92 Å². The van der Waals surface area contributed by atoms with Gasteiger partial charge in [0.05, 0.1) is 6.10 Å². The minimum absolute atomic E-state index is 0. The average Bonchev–Trinajstić information content (AvgIpc) is 1.38. The molecule has 0 aliphatic heterocycles. The molecule has 0 rings (SSSR count). The molecule has 0 fully saturated rings. The molecule has 0 heterocycles. The molecule has 0 saturated carbocycles. The van der Waals surface area contributed by atoms with Crippen LogP contribution >= 0.6 is 28.3 Å². The Kier molecular flexibility index (Phi) is 9.43. The standard InChI is InChI=1S/C3H7BrO.ClH/c1-3(5)2-4;/h3,5H,2H2,1H3;1H. The van der Waals surface area contributed by atoms with Crippen molar-refractivity contribution in [3.8, 4) is 0 Å². The monoisotopic (exact) mass is 174 g/mol. The molecular weight excluding hydrogens is 167 g/mol. The molecule has 0 aromatic carbocycles. The highest BCUT2D eigenvalue weighted by Gasteiger charge is 1.83. The van der Waals surface area contributed by atoms with Crippen molar-refractivity contribution in [2.45, 2.75) is 13.0 Å². The summed E-state index contributed by atoms with van der Waals surface area (Å²) in [6, 6.07) is 0. The van der Waals surface area contributed by atoms with Crippen LogP contribution in [0.15, 0.2) is 0 Å². The SMILES string of the molecule is CC(O)CBr.Cl. The first kappa shape index (κ1) is 9.88. The highest BCUT2D eigenvalue weighted by Crippen LogP contribution is 1.84. The van der Waals surface area contributed by atoms with E-state index in [9.17, 15) is 0 Å². The van der Waals surface area contributed by atoms with Gasteiger partial charge in [0, 0.05) is 5.33 Å². The van der Waals surface area contributed by atoms with E-state index in [2.05, 4.69) is 15.9 Å². The largest absolute Gasteiger partial charge is 0.393 e. The predicted molar refractivity (Wildman–Crippen MR) is 32.7 cm³/mol. The van der Waals surface area contributed by atoms with Gasteiger partial charge >= 0.3 is 0 Å². The van der Waals surface area contributed by atoms with Crippen LogP contribution in [0, 0.1) is 0 Å². The van der Waals surface area contributed by atoms with E-state index >= 15 is 0 Å². The van der Waals surface area contributed by atoms with E-state index < -0.39 is 0 Å².